The maximum Gasteiger partial charge on any atom is 0.323 e. The summed E-state index contributed by atoms with van der Waals surface area (Å²) in [4.78, 5) is 23.8. The zero-order chi connectivity index (χ0) is 13.3. The van der Waals surface area contributed by atoms with E-state index in [1.807, 2.05) is 36.1 Å². The van der Waals surface area contributed by atoms with Crippen molar-refractivity contribution in [2.75, 3.05) is 13.1 Å². The quantitative estimate of drug-likeness (QED) is 0.777. The molecule has 0 aromatic heterocycles. The molecule has 0 radical (unpaired) electrons. The first-order chi connectivity index (χ1) is 8.45. The zero-order valence-electron chi connectivity index (χ0n) is 10.1. The Hall–Kier alpha value is -1.88. The number of nitrogens with zero attached hydrogens (tertiary/aromatic N) is 1. The van der Waals surface area contributed by atoms with Gasteiger partial charge in [0.2, 0.25) is 0 Å². The second kappa shape index (κ2) is 4.42. The van der Waals surface area contributed by atoms with Gasteiger partial charge in [0.25, 0.3) is 0 Å². The van der Waals surface area contributed by atoms with E-state index < -0.39 is 17.4 Å². The van der Waals surface area contributed by atoms with Crippen molar-refractivity contribution < 1.29 is 19.8 Å². The Kier molecular flexibility index (Phi) is 3.09. The number of hydrogen-bond donors (Lipinski definition) is 2. The van der Waals surface area contributed by atoms with Crippen molar-refractivity contribution in [2.45, 2.75) is 13.5 Å². The summed E-state index contributed by atoms with van der Waals surface area (Å²) in [5.41, 5.74) is 0.602. The van der Waals surface area contributed by atoms with Crippen molar-refractivity contribution in [3.05, 3.63) is 35.4 Å². The van der Waals surface area contributed by atoms with E-state index in [1.54, 1.807) is 0 Å². The van der Waals surface area contributed by atoms with E-state index in [-0.39, 0.29) is 13.1 Å². The fourth-order valence-electron chi connectivity index (χ4n) is 2.22. The Bertz CT molecular complexity index is 476. The molecule has 1 heterocycles. The van der Waals surface area contributed by atoms with Crippen molar-refractivity contribution in [3.8, 4) is 0 Å². The van der Waals surface area contributed by atoms with Crippen molar-refractivity contribution in [2.24, 2.45) is 5.41 Å². The van der Waals surface area contributed by atoms with Gasteiger partial charge in [-0.25, -0.2) is 0 Å². The number of carbonyl (C=O) groups is 2. The lowest BCUT2D eigenvalue weighted by Gasteiger charge is -2.44. The van der Waals surface area contributed by atoms with Gasteiger partial charge in [-0.3, -0.25) is 14.5 Å². The summed E-state index contributed by atoms with van der Waals surface area (Å²) < 4.78 is 0. The summed E-state index contributed by atoms with van der Waals surface area (Å²) in [6.07, 6.45) is 0. The van der Waals surface area contributed by atoms with Crippen LogP contribution in [0.1, 0.15) is 11.1 Å². The monoisotopic (exact) mass is 249 g/mol. The smallest absolute Gasteiger partial charge is 0.323 e. The van der Waals surface area contributed by atoms with Gasteiger partial charge in [0.05, 0.1) is 0 Å². The standard InChI is InChI=1S/C13H15NO4/c1-9-4-2-3-5-10(9)6-14-7-13(8-14,11(15)16)12(17)18/h2-5H,6-8H2,1H3,(H,15,16)(H,17,18). The molecule has 96 valence electrons. The molecule has 1 aliphatic heterocycles. The lowest BCUT2D eigenvalue weighted by atomic mass is 9.79. The minimum absolute atomic E-state index is 0.0615. The van der Waals surface area contributed by atoms with E-state index in [0.29, 0.717) is 6.54 Å². The highest BCUT2D eigenvalue weighted by Gasteiger charge is 2.56. The van der Waals surface area contributed by atoms with Crippen LogP contribution in [0.3, 0.4) is 0 Å². The van der Waals surface area contributed by atoms with Crippen LogP contribution >= 0.6 is 0 Å². The molecular formula is C13H15NO4. The van der Waals surface area contributed by atoms with Gasteiger partial charge >= 0.3 is 11.9 Å². The van der Waals surface area contributed by atoms with Crippen LogP contribution in [0.25, 0.3) is 0 Å². The highest BCUT2D eigenvalue weighted by molar-refractivity contribution is 6.00. The Labute approximate surface area is 105 Å². The van der Waals surface area contributed by atoms with Crippen LogP contribution in [-0.2, 0) is 16.1 Å². The number of carboxylic acid groups (broad SMARTS) is 2. The van der Waals surface area contributed by atoms with Gasteiger partial charge in [-0.2, -0.15) is 0 Å². The van der Waals surface area contributed by atoms with Gasteiger partial charge in [0, 0.05) is 19.6 Å². The lowest BCUT2D eigenvalue weighted by molar-refractivity contribution is -0.178. The van der Waals surface area contributed by atoms with Crippen LogP contribution in [0.5, 0.6) is 0 Å². The Morgan fingerprint density at radius 2 is 1.78 bits per heavy atom. The molecule has 18 heavy (non-hydrogen) atoms. The van der Waals surface area contributed by atoms with E-state index in [1.165, 1.54) is 0 Å². The molecule has 2 N–H and O–H groups in total. The molecule has 0 aliphatic carbocycles. The number of hydrogen-bond acceptors (Lipinski definition) is 3. The molecule has 0 saturated carbocycles. The van der Waals surface area contributed by atoms with Crippen LogP contribution in [0.15, 0.2) is 24.3 Å². The first kappa shape index (κ1) is 12.6. The first-order valence-corrected chi connectivity index (χ1v) is 5.69. The normalized spacial score (nSPS) is 18.1. The molecule has 5 heteroatoms. The van der Waals surface area contributed by atoms with E-state index >= 15 is 0 Å². The molecule has 1 aliphatic rings. The SMILES string of the molecule is Cc1ccccc1CN1CC(C(=O)O)(C(=O)O)C1. The lowest BCUT2D eigenvalue weighted by Crippen LogP contribution is -2.63. The summed E-state index contributed by atoms with van der Waals surface area (Å²) in [5.74, 6) is -2.51. The van der Waals surface area contributed by atoms with Gasteiger partial charge in [0.15, 0.2) is 5.41 Å². The van der Waals surface area contributed by atoms with Crippen LogP contribution in [-0.4, -0.2) is 40.1 Å². The molecule has 0 amide bonds. The summed E-state index contributed by atoms with van der Waals surface area (Å²) in [6.45, 7) is 2.70. The fourth-order valence-corrected chi connectivity index (χ4v) is 2.22. The van der Waals surface area contributed by atoms with Gasteiger partial charge < -0.3 is 10.2 Å². The molecule has 0 spiro atoms. The highest BCUT2D eigenvalue weighted by Crippen LogP contribution is 2.32. The summed E-state index contributed by atoms with van der Waals surface area (Å²) >= 11 is 0. The van der Waals surface area contributed by atoms with E-state index in [0.717, 1.165) is 11.1 Å². The number of benzene rings is 1. The van der Waals surface area contributed by atoms with Gasteiger partial charge in [0.1, 0.15) is 0 Å². The van der Waals surface area contributed by atoms with Crippen molar-refractivity contribution in [1.82, 2.24) is 4.90 Å². The number of carboxylic acids is 2. The topological polar surface area (TPSA) is 77.8 Å². The Morgan fingerprint density at radius 3 is 2.28 bits per heavy atom. The Balaban J connectivity index is 2.03. The third-order valence-electron chi connectivity index (χ3n) is 3.46. The van der Waals surface area contributed by atoms with Crippen molar-refractivity contribution in [1.29, 1.82) is 0 Å². The van der Waals surface area contributed by atoms with E-state index in [4.69, 9.17) is 10.2 Å². The van der Waals surface area contributed by atoms with Gasteiger partial charge in [-0.05, 0) is 18.1 Å². The summed E-state index contributed by atoms with van der Waals surface area (Å²) in [5, 5.41) is 18.0. The van der Waals surface area contributed by atoms with Crippen molar-refractivity contribution >= 4 is 11.9 Å². The van der Waals surface area contributed by atoms with E-state index in [2.05, 4.69) is 0 Å². The van der Waals surface area contributed by atoms with Crippen LogP contribution < -0.4 is 0 Å². The average molecular weight is 249 g/mol. The molecule has 1 saturated heterocycles. The number of aryl methyl sites for hydroxylation is 1. The number of likely N-dealkylation sites (tertiary alicyclic amines) is 1. The molecule has 1 aromatic carbocycles. The molecule has 0 unspecified atom stereocenters. The molecule has 0 bridgehead atoms. The van der Waals surface area contributed by atoms with Crippen LogP contribution in [0.4, 0.5) is 0 Å². The number of aliphatic carboxylic acids is 2. The van der Waals surface area contributed by atoms with Crippen LogP contribution in [0, 0.1) is 12.3 Å². The minimum Gasteiger partial charge on any atom is -0.480 e. The van der Waals surface area contributed by atoms with Crippen LogP contribution in [0.2, 0.25) is 0 Å². The number of rotatable bonds is 4. The molecule has 1 fully saturated rings. The second-order valence-corrected chi connectivity index (χ2v) is 4.76. The predicted octanol–water partition coefficient (Wildman–Crippen LogP) is 0.966. The molecule has 5 nitrogen and oxygen atoms in total. The maximum absolute atomic E-state index is 11.0. The molecule has 0 atom stereocenters. The maximum atomic E-state index is 11.0. The molecular weight excluding hydrogens is 234 g/mol. The Morgan fingerprint density at radius 1 is 1.22 bits per heavy atom. The summed E-state index contributed by atoms with van der Waals surface area (Å²) in [7, 11) is 0. The average Bonchev–Trinajstić information content (AvgIpc) is 2.23. The molecule has 2 rings (SSSR count). The van der Waals surface area contributed by atoms with E-state index in [9.17, 15) is 9.59 Å². The summed E-state index contributed by atoms with van der Waals surface area (Å²) in [6, 6.07) is 7.81. The highest BCUT2D eigenvalue weighted by atomic mass is 16.4. The van der Waals surface area contributed by atoms with Crippen molar-refractivity contribution in [3.63, 3.8) is 0 Å². The minimum atomic E-state index is -1.62. The van der Waals surface area contributed by atoms with Gasteiger partial charge in [-0.15, -0.1) is 0 Å². The first-order valence-electron chi connectivity index (χ1n) is 5.69. The van der Waals surface area contributed by atoms with Gasteiger partial charge in [-0.1, -0.05) is 24.3 Å². The fraction of sp³-hybridized carbons (Fsp3) is 0.385. The third kappa shape index (κ3) is 1.97. The largest absolute Gasteiger partial charge is 0.480 e. The predicted molar refractivity (Wildman–Crippen MR) is 64.2 cm³/mol. The second-order valence-electron chi connectivity index (χ2n) is 4.76. The third-order valence-corrected chi connectivity index (χ3v) is 3.46. The zero-order valence-corrected chi connectivity index (χ0v) is 10.1. The molecule has 1 aromatic rings.